The maximum atomic E-state index is 12.0. The zero-order chi connectivity index (χ0) is 18.2. The first-order valence-electron chi connectivity index (χ1n) is 7.82. The van der Waals surface area contributed by atoms with Crippen LogP contribution in [0.5, 0.6) is 0 Å². The first-order valence-corrected chi connectivity index (χ1v) is 7.82. The van der Waals surface area contributed by atoms with Gasteiger partial charge in [0.15, 0.2) is 0 Å². The molecule has 7 nitrogen and oxygen atoms in total. The Morgan fingerprint density at radius 1 is 1.12 bits per heavy atom. The Kier molecular flexibility index (Phi) is 7.38. The van der Waals surface area contributed by atoms with Crippen molar-refractivity contribution in [3.05, 3.63) is 35.4 Å². The van der Waals surface area contributed by atoms with Gasteiger partial charge in [-0.25, -0.2) is 0 Å². The van der Waals surface area contributed by atoms with E-state index in [9.17, 15) is 19.5 Å². The predicted molar refractivity (Wildman–Crippen MR) is 88.3 cm³/mol. The quantitative estimate of drug-likeness (QED) is 0.371. The largest absolute Gasteiger partial charge is 0.480 e. The number of hydrogen-bond donors (Lipinski definition) is 4. The van der Waals surface area contributed by atoms with E-state index in [1.165, 1.54) is 0 Å². The molecule has 2 amide bonds. The van der Waals surface area contributed by atoms with Crippen LogP contribution in [0.1, 0.15) is 41.6 Å². The van der Waals surface area contributed by atoms with E-state index in [1.807, 2.05) is 6.92 Å². The van der Waals surface area contributed by atoms with Crippen LogP contribution in [-0.2, 0) is 9.59 Å². The van der Waals surface area contributed by atoms with Gasteiger partial charge in [-0.1, -0.05) is 17.7 Å². The number of primary amides is 1. The van der Waals surface area contributed by atoms with Gasteiger partial charge in [-0.15, -0.1) is 0 Å². The molecule has 0 spiro atoms. The summed E-state index contributed by atoms with van der Waals surface area (Å²) >= 11 is 0. The van der Waals surface area contributed by atoms with Crippen LogP contribution in [0.4, 0.5) is 0 Å². The summed E-state index contributed by atoms with van der Waals surface area (Å²) in [4.78, 5) is 35.3. The average Bonchev–Trinajstić information content (AvgIpc) is 2.53. The Balaban J connectivity index is 2.70. The van der Waals surface area contributed by atoms with Crippen LogP contribution in [-0.4, -0.2) is 41.1 Å². The molecule has 1 aromatic rings. The van der Waals surface area contributed by atoms with E-state index in [0.717, 1.165) is 5.56 Å². The molecule has 132 valence electrons. The molecular formula is C17H24N2O5. The lowest BCUT2D eigenvalue weighted by Crippen LogP contribution is -2.46. The number of hydrogen-bond acceptors (Lipinski definition) is 4. The molecule has 0 heterocycles. The summed E-state index contributed by atoms with van der Waals surface area (Å²) in [6, 6.07) is 6.94. The Hall–Kier alpha value is -2.41. The molecule has 0 unspecified atom stereocenters. The standard InChI is InChI=1S/C17H24N2O5/c1-12-4-6-13(7-5-12)14(21)19-10-9-17(15(18)22,16(23)24)8-2-3-11-20/h4-7,20H,2-3,8-11H2,1H3,(H2,18,22)(H,19,21)(H,23,24)/t17-/m0/s1. The smallest absolute Gasteiger partial charge is 0.319 e. The number of carbonyl (C=O) groups excluding carboxylic acids is 2. The number of aliphatic carboxylic acids is 1. The number of carboxylic acid groups (broad SMARTS) is 1. The third-order valence-corrected chi connectivity index (χ3v) is 4.04. The summed E-state index contributed by atoms with van der Waals surface area (Å²) in [5.74, 6) is -2.58. The maximum absolute atomic E-state index is 12.0. The second-order valence-corrected chi connectivity index (χ2v) is 5.80. The molecule has 1 rings (SSSR count). The second-order valence-electron chi connectivity index (χ2n) is 5.80. The molecule has 0 aliphatic rings. The Labute approximate surface area is 140 Å². The van der Waals surface area contributed by atoms with Gasteiger partial charge in [0, 0.05) is 18.7 Å². The van der Waals surface area contributed by atoms with Crippen LogP contribution >= 0.6 is 0 Å². The van der Waals surface area contributed by atoms with E-state index in [4.69, 9.17) is 10.8 Å². The predicted octanol–water partition coefficient (Wildman–Crippen LogP) is 0.834. The molecule has 0 saturated carbocycles. The molecule has 5 N–H and O–H groups in total. The second kappa shape index (κ2) is 9.02. The van der Waals surface area contributed by atoms with Crippen molar-refractivity contribution < 1.29 is 24.6 Å². The highest BCUT2D eigenvalue weighted by Gasteiger charge is 2.43. The molecule has 0 aliphatic carbocycles. The third kappa shape index (κ3) is 5.06. The van der Waals surface area contributed by atoms with Crippen LogP contribution < -0.4 is 11.1 Å². The molecule has 0 saturated heterocycles. The Morgan fingerprint density at radius 3 is 2.25 bits per heavy atom. The van der Waals surface area contributed by atoms with Crippen molar-refractivity contribution in [1.29, 1.82) is 0 Å². The lowest BCUT2D eigenvalue weighted by atomic mass is 9.79. The number of carbonyl (C=O) groups is 3. The van der Waals surface area contributed by atoms with Gasteiger partial charge in [0.05, 0.1) is 0 Å². The maximum Gasteiger partial charge on any atom is 0.319 e. The Morgan fingerprint density at radius 2 is 1.75 bits per heavy atom. The van der Waals surface area contributed by atoms with Crippen molar-refractivity contribution >= 4 is 17.8 Å². The fourth-order valence-electron chi connectivity index (χ4n) is 2.43. The number of carboxylic acids is 1. The van der Waals surface area contributed by atoms with Gasteiger partial charge in [-0.2, -0.15) is 0 Å². The molecule has 1 atom stereocenters. The van der Waals surface area contributed by atoms with E-state index in [1.54, 1.807) is 24.3 Å². The number of benzene rings is 1. The van der Waals surface area contributed by atoms with Crippen LogP contribution in [0.25, 0.3) is 0 Å². The van der Waals surface area contributed by atoms with Gasteiger partial charge in [0.25, 0.3) is 5.91 Å². The number of nitrogens with two attached hydrogens (primary N) is 1. The molecule has 0 bridgehead atoms. The van der Waals surface area contributed by atoms with Crippen molar-refractivity contribution in [2.75, 3.05) is 13.2 Å². The lowest BCUT2D eigenvalue weighted by Gasteiger charge is -2.26. The normalized spacial score (nSPS) is 13.1. The van der Waals surface area contributed by atoms with Crippen molar-refractivity contribution in [2.45, 2.75) is 32.6 Å². The van der Waals surface area contributed by atoms with Crippen molar-refractivity contribution in [3.8, 4) is 0 Å². The van der Waals surface area contributed by atoms with E-state index in [-0.39, 0.29) is 31.9 Å². The molecule has 1 aromatic carbocycles. The summed E-state index contributed by atoms with van der Waals surface area (Å²) in [6.07, 6.45) is 0.676. The highest BCUT2D eigenvalue weighted by molar-refractivity contribution is 6.01. The zero-order valence-electron chi connectivity index (χ0n) is 13.7. The molecule has 7 heteroatoms. The minimum absolute atomic E-state index is 0.0150. The molecule has 0 radical (unpaired) electrons. The van der Waals surface area contributed by atoms with Crippen molar-refractivity contribution in [1.82, 2.24) is 5.32 Å². The number of unbranched alkanes of at least 4 members (excludes halogenated alkanes) is 1. The fraction of sp³-hybridized carbons (Fsp3) is 0.471. The molecule has 0 aromatic heterocycles. The van der Waals surface area contributed by atoms with Crippen molar-refractivity contribution in [2.24, 2.45) is 11.1 Å². The van der Waals surface area contributed by atoms with Crippen molar-refractivity contribution in [3.63, 3.8) is 0 Å². The molecule has 0 aliphatic heterocycles. The SMILES string of the molecule is Cc1ccc(C(=O)NCC[C@@](CCCCO)(C(N)=O)C(=O)O)cc1. The highest BCUT2D eigenvalue weighted by Crippen LogP contribution is 2.29. The Bertz CT molecular complexity index is 569. The number of aliphatic hydroxyl groups is 1. The number of rotatable bonds is 10. The third-order valence-electron chi connectivity index (χ3n) is 4.04. The van der Waals surface area contributed by atoms with Gasteiger partial charge in [0.2, 0.25) is 5.91 Å². The van der Waals surface area contributed by atoms with Gasteiger partial charge in [0.1, 0.15) is 5.41 Å². The first-order chi connectivity index (χ1) is 11.3. The average molecular weight is 336 g/mol. The van der Waals surface area contributed by atoms with E-state index in [0.29, 0.717) is 18.4 Å². The minimum Gasteiger partial charge on any atom is -0.480 e. The number of aryl methyl sites for hydroxylation is 1. The summed E-state index contributed by atoms with van der Waals surface area (Å²) in [6.45, 7) is 1.84. The molecule has 0 fully saturated rings. The van der Waals surface area contributed by atoms with Crippen LogP contribution in [0, 0.1) is 12.3 Å². The van der Waals surface area contributed by atoms with Crippen LogP contribution in [0.2, 0.25) is 0 Å². The van der Waals surface area contributed by atoms with Gasteiger partial charge in [-0.3, -0.25) is 14.4 Å². The first kappa shape index (κ1) is 19.6. The molecule has 24 heavy (non-hydrogen) atoms. The summed E-state index contributed by atoms with van der Waals surface area (Å²) in [5.41, 5.74) is 5.05. The highest BCUT2D eigenvalue weighted by atomic mass is 16.4. The van der Waals surface area contributed by atoms with Crippen LogP contribution in [0.3, 0.4) is 0 Å². The number of amides is 2. The minimum atomic E-state index is -1.74. The zero-order valence-corrected chi connectivity index (χ0v) is 13.7. The summed E-state index contributed by atoms with van der Waals surface area (Å²) in [7, 11) is 0. The summed E-state index contributed by atoms with van der Waals surface area (Å²) < 4.78 is 0. The van der Waals surface area contributed by atoms with E-state index >= 15 is 0 Å². The van der Waals surface area contributed by atoms with Gasteiger partial charge in [-0.05, 0) is 44.7 Å². The lowest BCUT2D eigenvalue weighted by molar-refractivity contribution is -0.155. The monoisotopic (exact) mass is 336 g/mol. The van der Waals surface area contributed by atoms with Gasteiger partial charge >= 0.3 is 5.97 Å². The van der Waals surface area contributed by atoms with Gasteiger partial charge < -0.3 is 21.3 Å². The summed E-state index contributed by atoms with van der Waals surface area (Å²) in [5, 5.41) is 20.9. The number of nitrogens with one attached hydrogen (secondary N) is 1. The number of aliphatic hydroxyl groups excluding tert-OH is 1. The van der Waals surface area contributed by atoms with E-state index in [2.05, 4.69) is 5.32 Å². The molecular weight excluding hydrogens is 312 g/mol. The topological polar surface area (TPSA) is 130 Å². The fourth-order valence-corrected chi connectivity index (χ4v) is 2.43. The van der Waals surface area contributed by atoms with E-state index < -0.39 is 17.3 Å². The van der Waals surface area contributed by atoms with Crippen LogP contribution in [0.15, 0.2) is 24.3 Å².